The van der Waals surface area contributed by atoms with Gasteiger partial charge in [-0.1, -0.05) is 23.2 Å². The Morgan fingerprint density at radius 1 is 1.16 bits per heavy atom. The van der Waals surface area contributed by atoms with E-state index in [-0.39, 0.29) is 12.1 Å². The van der Waals surface area contributed by atoms with Crippen LogP contribution in [0.1, 0.15) is 5.82 Å². The maximum absolute atomic E-state index is 13.1. The maximum atomic E-state index is 13.1. The number of hydrogen-bond acceptors (Lipinski definition) is 6. The standard InChI is InChI=1S/C20H17Cl2N5O3S/c1-29-15-6-3-11-10-23-26(19(28)17(11)18(15)30-2)8-7-16-24-25-20(31)27(16)14-5-4-12(21)9-13(14)22/h3-6,9-10H,7-8H2,1-2H3,(H,25,31). The van der Waals surface area contributed by atoms with Crippen molar-refractivity contribution in [1.82, 2.24) is 24.5 Å². The monoisotopic (exact) mass is 477 g/mol. The van der Waals surface area contributed by atoms with Gasteiger partial charge in [-0.25, -0.2) is 4.68 Å². The van der Waals surface area contributed by atoms with Crippen LogP contribution in [-0.2, 0) is 13.0 Å². The van der Waals surface area contributed by atoms with Gasteiger partial charge >= 0.3 is 0 Å². The summed E-state index contributed by atoms with van der Waals surface area (Å²) in [7, 11) is 3.02. The van der Waals surface area contributed by atoms with Gasteiger partial charge in [0.2, 0.25) is 0 Å². The molecule has 11 heteroatoms. The molecule has 2 heterocycles. The predicted molar refractivity (Wildman–Crippen MR) is 122 cm³/mol. The molecular weight excluding hydrogens is 461 g/mol. The summed E-state index contributed by atoms with van der Waals surface area (Å²) < 4.78 is 14.2. The fourth-order valence-electron chi connectivity index (χ4n) is 3.36. The Kier molecular flexibility index (Phi) is 5.99. The Morgan fingerprint density at radius 2 is 1.97 bits per heavy atom. The summed E-state index contributed by atoms with van der Waals surface area (Å²) in [6, 6.07) is 8.61. The van der Waals surface area contributed by atoms with E-state index in [0.717, 1.165) is 0 Å². The molecule has 0 saturated heterocycles. The van der Waals surface area contributed by atoms with Gasteiger partial charge in [0.1, 0.15) is 5.82 Å². The largest absolute Gasteiger partial charge is 0.493 e. The fourth-order valence-corrected chi connectivity index (χ4v) is 4.10. The zero-order valence-corrected chi connectivity index (χ0v) is 18.9. The smallest absolute Gasteiger partial charge is 0.278 e. The van der Waals surface area contributed by atoms with Crippen LogP contribution in [-0.4, -0.2) is 38.8 Å². The number of fused-ring (bicyclic) bond motifs is 1. The first kappa shape index (κ1) is 21.4. The molecule has 4 rings (SSSR count). The van der Waals surface area contributed by atoms with Gasteiger partial charge in [-0.15, -0.1) is 0 Å². The molecule has 8 nitrogen and oxygen atoms in total. The van der Waals surface area contributed by atoms with E-state index in [2.05, 4.69) is 15.3 Å². The number of ether oxygens (including phenoxy) is 2. The normalized spacial score (nSPS) is 11.1. The maximum Gasteiger partial charge on any atom is 0.278 e. The summed E-state index contributed by atoms with van der Waals surface area (Å²) in [5.74, 6) is 1.44. The second-order valence-electron chi connectivity index (χ2n) is 6.56. The molecule has 0 unspecified atom stereocenters. The Morgan fingerprint density at radius 3 is 2.68 bits per heavy atom. The van der Waals surface area contributed by atoms with Crippen molar-refractivity contribution in [3.8, 4) is 17.2 Å². The molecule has 0 aliphatic carbocycles. The number of aromatic amines is 1. The molecule has 0 amide bonds. The number of aromatic nitrogens is 5. The highest BCUT2D eigenvalue weighted by Crippen LogP contribution is 2.32. The lowest BCUT2D eigenvalue weighted by Crippen LogP contribution is -2.24. The third-order valence-corrected chi connectivity index (χ3v) is 5.61. The third kappa shape index (κ3) is 3.91. The Hall–Kier alpha value is -2.88. The average Bonchev–Trinajstić information content (AvgIpc) is 3.12. The summed E-state index contributed by atoms with van der Waals surface area (Å²) in [5, 5.41) is 13.4. The van der Waals surface area contributed by atoms with Crippen LogP contribution in [0.5, 0.6) is 11.5 Å². The molecule has 0 fully saturated rings. The van der Waals surface area contributed by atoms with Crippen molar-refractivity contribution >= 4 is 46.2 Å². The quantitative estimate of drug-likeness (QED) is 0.418. The fraction of sp³-hybridized carbons (Fsp3) is 0.200. The van der Waals surface area contributed by atoms with E-state index in [4.69, 9.17) is 44.9 Å². The number of aryl methyl sites for hydroxylation is 2. The topological polar surface area (TPSA) is 87.0 Å². The molecule has 0 bridgehead atoms. The molecule has 160 valence electrons. The summed E-state index contributed by atoms with van der Waals surface area (Å²) >= 11 is 17.7. The molecule has 1 N–H and O–H groups in total. The molecule has 0 radical (unpaired) electrons. The van der Waals surface area contributed by atoms with Gasteiger partial charge < -0.3 is 9.47 Å². The minimum Gasteiger partial charge on any atom is -0.493 e. The minimum absolute atomic E-state index is 0.264. The van der Waals surface area contributed by atoms with Crippen molar-refractivity contribution < 1.29 is 9.47 Å². The molecule has 0 aliphatic heterocycles. The van der Waals surface area contributed by atoms with E-state index < -0.39 is 0 Å². The number of nitrogens with one attached hydrogen (secondary N) is 1. The van der Waals surface area contributed by atoms with Crippen LogP contribution in [0.3, 0.4) is 0 Å². The highest BCUT2D eigenvalue weighted by Gasteiger charge is 2.16. The first-order chi connectivity index (χ1) is 14.9. The number of benzene rings is 2. The van der Waals surface area contributed by atoms with Crippen molar-refractivity contribution in [3.05, 3.63) is 67.5 Å². The zero-order chi connectivity index (χ0) is 22.1. The summed E-state index contributed by atoms with van der Waals surface area (Å²) in [5.41, 5.74) is 0.350. The van der Waals surface area contributed by atoms with Crippen molar-refractivity contribution in [1.29, 1.82) is 0 Å². The molecular formula is C20H17Cl2N5O3S. The number of nitrogens with zero attached hydrogens (tertiary/aromatic N) is 4. The molecule has 4 aromatic rings. The van der Waals surface area contributed by atoms with Crippen LogP contribution >= 0.6 is 35.4 Å². The second-order valence-corrected chi connectivity index (χ2v) is 7.79. The number of methoxy groups -OCH3 is 2. The summed E-state index contributed by atoms with van der Waals surface area (Å²) in [4.78, 5) is 13.1. The second kappa shape index (κ2) is 8.70. The molecule has 2 aromatic heterocycles. The SMILES string of the molecule is COc1ccc2cnn(CCc3n[nH]c(=S)n3-c3ccc(Cl)cc3Cl)c(=O)c2c1OC. The van der Waals surface area contributed by atoms with E-state index in [9.17, 15) is 4.79 Å². The van der Waals surface area contributed by atoms with E-state index in [0.29, 0.717) is 55.0 Å². The van der Waals surface area contributed by atoms with Crippen molar-refractivity contribution in [3.63, 3.8) is 0 Å². The average molecular weight is 478 g/mol. The lowest BCUT2D eigenvalue weighted by Gasteiger charge is -2.12. The van der Waals surface area contributed by atoms with Gasteiger partial charge in [0, 0.05) is 16.8 Å². The summed E-state index contributed by atoms with van der Waals surface area (Å²) in [6.07, 6.45) is 1.99. The number of rotatable bonds is 6. The first-order valence-corrected chi connectivity index (χ1v) is 10.3. The van der Waals surface area contributed by atoms with E-state index in [1.807, 2.05) is 0 Å². The van der Waals surface area contributed by atoms with E-state index in [1.165, 1.54) is 18.9 Å². The lowest BCUT2D eigenvalue weighted by molar-refractivity contribution is 0.358. The van der Waals surface area contributed by atoms with Crippen LogP contribution in [0.2, 0.25) is 10.0 Å². The van der Waals surface area contributed by atoms with Crippen LogP contribution < -0.4 is 15.0 Å². The van der Waals surface area contributed by atoms with E-state index >= 15 is 0 Å². The molecule has 0 aliphatic rings. The van der Waals surface area contributed by atoms with Gasteiger partial charge in [0.15, 0.2) is 16.3 Å². The van der Waals surface area contributed by atoms with Crippen molar-refractivity contribution in [2.45, 2.75) is 13.0 Å². The van der Waals surface area contributed by atoms with Crippen LogP contribution in [0, 0.1) is 4.77 Å². The van der Waals surface area contributed by atoms with Gasteiger partial charge in [-0.2, -0.15) is 10.2 Å². The third-order valence-electron chi connectivity index (χ3n) is 4.80. The molecule has 0 spiro atoms. The van der Waals surface area contributed by atoms with Crippen LogP contribution in [0.4, 0.5) is 0 Å². The molecule has 2 aromatic carbocycles. The number of hydrogen-bond donors (Lipinski definition) is 1. The van der Waals surface area contributed by atoms with E-state index in [1.54, 1.807) is 41.1 Å². The van der Waals surface area contributed by atoms with Gasteiger partial charge in [0.05, 0.1) is 43.1 Å². The van der Waals surface area contributed by atoms with Crippen molar-refractivity contribution in [2.24, 2.45) is 0 Å². The number of H-pyrrole nitrogens is 1. The molecule has 0 atom stereocenters. The molecule has 31 heavy (non-hydrogen) atoms. The van der Waals surface area contributed by atoms with Crippen LogP contribution in [0.25, 0.3) is 16.5 Å². The van der Waals surface area contributed by atoms with Gasteiger partial charge in [-0.3, -0.25) is 14.5 Å². The Labute approximate surface area is 191 Å². The minimum atomic E-state index is -0.293. The van der Waals surface area contributed by atoms with Crippen molar-refractivity contribution in [2.75, 3.05) is 14.2 Å². The van der Waals surface area contributed by atoms with Crippen LogP contribution in [0.15, 0.2) is 41.3 Å². The predicted octanol–water partition coefficient (Wildman–Crippen LogP) is 4.21. The Balaban J connectivity index is 1.72. The van der Waals surface area contributed by atoms with Gasteiger partial charge in [0.25, 0.3) is 5.56 Å². The Bertz CT molecular complexity index is 1400. The number of halogens is 2. The first-order valence-electron chi connectivity index (χ1n) is 9.17. The molecule has 0 saturated carbocycles. The highest BCUT2D eigenvalue weighted by atomic mass is 35.5. The zero-order valence-electron chi connectivity index (χ0n) is 16.6. The lowest BCUT2D eigenvalue weighted by atomic mass is 10.1. The van der Waals surface area contributed by atoms with Gasteiger partial charge in [-0.05, 0) is 42.5 Å². The summed E-state index contributed by atoms with van der Waals surface area (Å²) in [6.45, 7) is 0.264. The highest BCUT2D eigenvalue weighted by molar-refractivity contribution is 7.71.